The first-order chi connectivity index (χ1) is 17.0. The molecular formula is C27H34ClN5O2. The first-order valence-electron chi connectivity index (χ1n) is 12.3. The predicted octanol–water partition coefficient (Wildman–Crippen LogP) is 4.25. The van der Waals surface area contributed by atoms with E-state index in [-0.39, 0.29) is 5.91 Å². The van der Waals surface area contributed by atoms with Crippen molar-refractivity contribution in [1.29, 1.82) is 0 Å². The number of para-hydroxylation sites is 1. The van der Waals surface area contributed by atoms with E-state index >= 15 is 0 Å². The lowest BCUT2D eigenvalue weighted by atomic mass is 10.1. The molecule has 0 bridgehead atoms. The van der Waals surface area contributed by atoms with Crippen LogP contribution in [-0.2, 0) is 9.53 Å². The van der Waals surface area contributed by atoms with Crippen LogP contribution in [-0.4, -0.2) is 73.3 Å². The summed E-state index contributed by atoms with van der Waals surface area (Å²) in [5, 5.41) is 4.66. The molecule has 0 radical (unpaired) electrons. The summed E-state index contributed by atoms with van der Waals surface area (Å²) in [6.45, 7) is 10.6. The number of amides is 1. The summed E-state index contributed by atoms with van der Waals surface area (Å²) >= 11 is 6.48. The van der Waals surface area contributed by atoms with Gasteiger partial charge in [0.1, 0.15) is 5.82 Å². The second-order valence-electron chi connectivity index (χ2n) is 9.26. The van der Waals surface area contributed by atoms with E-state index in [2.05, 4.69) is 29.0 Å². The van der Waals surface area contributed by atoms with E-state index in [0.29, 0.717) is 36.3 Å². The van der Waals surface area contributed by atoms with Crippen LogP contribution >= 0.6 is 11.6 Å². The van der Waals surface area contributed by atoms with Gasteiger partial charge in [0.25, 0.3) is 0 Å². The van der Waals surface area contributed by atoms with Gasteiger partial charge in [0.05, 0.1) is 23.8 Å². The van der Waals surface area contributed by atoms with Crippen LogP contribution in [0.3, 0.4) is 0 Å². The van der Waals surface area contributed by atoms with Gasteiger partial charge in [0.2, 0.25) is 5.91 Å². The summed E-state index contributed by atoms with van der Waals surface area (Å²) in [6, 6.07) is 15.6. The molecule has 1 aliphatic rings. The third-order valence-electron chi connectivity index (χ3n) is 6.05. The van der Waals surface area contributed by atoms with Crippen LogP contribution in [0.5, 0.6) is 0 Å². The largest absolute Gasteiger partial charge is 0.379 e. The van der Waals surface area contributed by atoms with E-state index in [1.54, 1.807) is 0 Å². The van der Waals surface area contributed by atoms with Gasteiger partial charge in [-0.15, -0.1) is 0 Å². The molecule has 7 nitrogen and oxygen atoms in total. The number of hydrogen-bond acceptors (Lipinski definition) is 6. The van der Waals surface area contributed by atoms with Crippen molar-refractivity contribution in [1.82, 2.24) is 20.2 Å². The molecule has 1 N–H and O–H groups in total. The Morgan fingerprint density at radius 1 is 1.11 bits per heavy atom. The maximum absolute atomic E-state index is 12.7. The summed E-state index contributed by atoms with van der Waals surface area (Å²) in [5.41, 5.74) is 1.66. The summed E-state index contributed by atoms with van der Waals surface area (Å²) in [5.74, 6) is 1.88. The van der Waals surface area contributed by atoms with E-state index < -0.39 is 0 Å². The Hall–Kier alpha value is -2.74. The first kappa shape index (κ1) is 25.4. The lowest BCUT2D eigenvalue weighted by Gasteiger charge is -2.28. The number of aromatic nitrogens is 2. The van der Waals surface area contributed by atoms with E-state index in [4.69, 9.17) is 26.3 Å². The predicted molar refractivity (Wildman–Crippen MR) is 142 cm³/mol. The van der Waals surface area contributed by atoms with Crippen LogP contribution in [0, 0.1) is 5.92 Å². The Labute approximate surface area is 212 Å². The fourth-order valence-electron chi connectivity index (χ4n) is 4.29. The van der Waals surface area contributed by atoms with Crippen molar-refractivity contribution in [3.05, 3.63) is 53.6 Å². The minimum atomic E-state index is 0.0525. The third kappa shape index (κ3) is 6.90. The molecule has 186 valence electrons. The molecule has 1 aromatic heterocycles. The van der Waals surface area contributed by atoms with Crippen LogP contribution in [0.15, 0.2) is 48.5 Å². The zero-order valence-electron chi connectivity index (χ0n) is 20.5. The van der Waals surface area contributed by atoms with Gasteiger partial charge in [-0.05, 0) is 30.2 Å². The van der Waals surface area contributed by atoms with Gasteiger partial charge in [-0.1, -0.05) is 49.7 Å². The highest BCUT2D eigenvalue weighted by molar-refractivity contribution is 6.33. The number of nitrogens with zero attached hydrogens (tertiary/aromatic N) is 4. The van der Waals surface area contributed by atoms with Crippen LogP contribution in [0.2, 0.25) is 5.02 Å². The molecule has 4 rings (SSSR count). The molecule has 0 unspecified atom stereocenters. The molecule has 0 saturated carbocycles. The average molecular weight is 496 g/mol. The van der Waals surface area contributed by atoms with Gasteiger partial charge < -0.3 is 15.0 Å². The van der Waals surface area contributed by atoms with E-state index in [0.717, 1.165) is 61.7 Å². The molecule has 1 saturated heterocycles. The minimum absolute atomic E-state index is 0.0525. The lowest BCUT2D eigenvalue weighted by molar-refractivity contribution is -0.121. The topological polar surface area (TPSA) is 70.6 Å². The third-order valence-corrected chi connectivity index (χ3v) is 6.38. The highest BCUT2D eigenvalue weighted by atomic mass is 35.5. The van der Waals surface area contributed by atoms with E-state index in [1.165, 1.54) is 0 Å². The number of benzene rings is 2. The van der Waals surface area contributed by atoms with Crippen molar-refractivity contribution in [3.8, 4) is 11.4 Å². The second kappa shape index (κ2) is 12.3. The molecule has 0 spiro atoms. The Morgan fingerprint density at radius 3 is 2.63 bits per heavy atom. The number of carbonyl (C=O) groups is 1. The molecule has 0 atom stereocenters. The minimum Gasteiger partial charge on any atom is -0.379 e. The molecule has 1 amide bonds. The maximum Gasteiger partial charge on any atom is 0.221 e. The zero-order valence-corrected chi connectivity index (χ0v) is 21.3. The van der Waals surface area contributed by atoms with Crippen LogP contribution < -0.4 is 10.2 Å². The highest BCUT2D eigenvalue weighted by Gasteiger charge is 2.19. The van der Waals surface area contributed by atoms with Gasteiger partial charge >= 0.3 is 0 Å². The number of fused-ring (bicyclic) bond motifs is 1. The van der Waals surface area contributed by atoms with Gasteiger partial charge in [-0.2, -0.15) is 0 Å². The maximum atomic E-state index is 12.7. The zero-order chi connectivity index (χ0) is 24.6. The number of rotatable bonds is 10. The quantitative estimate of drug-likeness (QED) is 0.453. The summed E-state index contributed by atoms with van der Waals surface area (Å²) in [7, 11) is 0. The fraction of sp³-hybridized carbons (Fsp3) is 0.444. The van der Waals surface area contributed by atoms with Crippen molar-refractivity contribution in [2.24, 2.45) is 5.92 Å². The Kier molecular flexibility index (Phi) is 8.90. The van der Waals surface area contributed by atoms with Crippen LogP contribution in [0.25, 0.3) is 22.3 Å². The number of nitrogens with one attached hydrogen (secondary N) is 1. The van der Waals surface area contributed by atoms with E-state index in [9.17, 15) is 4.79 Å². The van der Waals surface area contributed by atoms with Crippen molar-refractivity contribution in [3.63, 3.8) is 0 Å². The fourth-order valence-corrected chi connectivity index (χ4v) is 4.51. The number of halogens is 1. The van der Waals surface area contributed by atoms with Gasteiger partial charge in [0.15, 0.2) is 5.82 Å². The van der Waals surface area contributed by atoms with Crippen molar-refractivity contribution >= 4 is 34.2 Å². The number of ether oxygens (including phenoxy) is 1. The normalized spacial score (nSPS) is 14.4. The number of anilines is 1. The molecule has 2 aromatic carbocycles. The smallest absolute Gasteiger partial charge is 0.221 e. The lowest BCUT2D eigenvalue weighted by Crippen LogP contribution is -2.42. The summed E-state index contributed by atoms with van der Waals surface area (Å²) < 4.78 is 5.39. The molecule has 3 aromatic rings. The highest BCUT2D eigenvalue weighted by Crippen LogP contribution is 2.31. The monoisotopic (exact) mass is 495 g/mol. The van der Waals surface area contributed by atoms with Crippen molar-refractivity contribution < 1.29 is 9.53 Å². The Bertz CT molecular complexity index is 1130. The van der Waals surface area contributed by atoms with E-state index in [1.807, 2.05) is 48.5 Å². The van der Waals surface area contributed by atoms with Crippen molar-refractivity contribution in [2.75, 3.05) is 57.4 Å². The van der Waals surface area contributed by atoms with Gasteiger partial charge in [-0.3, -0.25) is 9.69 Å². The number of morpholine rings is 1. The standard InChI is InChI=1S/C27H34ClN5O2/c1-20(2)19-33(13-11-25(34)29-12-14-32-15-17-35-18-16-32)27-22-8-4-6-10-24(22)30-26(31-27)21-7-3-5-9-23(21)28/h3-10,20H,11-19H2,1-2H3,(H,29,34). The molecular weight excluding hydrogens is 462 g/mol. The summed E-state index contributed by atoms with van der Waals surface area (Å²) in [4.78, 5) is 27.0. The SMILES string of the molecule is CC(C)CN(CCC(=O)NCCN1CCOCC1)c1nc(-c2ccccc2Cl)nc2ccccc12. The van der Waals surface area contributed by atoms with Crippen molar-refractivity contribution in [2.45, 2.75) is 20.3 Å². The number of hydrogen-bond donors (Lipinski definition) is 1. The molecule has 8 heteroatoms. The Morgan fingerprint density at radius 2 is 1.86 bits per heavy atom. The molecule has 1 aliphatic heterocycles. The Balaban J connectivity index is 1.52. The molecule has 35 heavy (non-hydrogen) atoms. The van der Waals surface area contributed by atoms with Crippen LogP contribution in [0.4, 0.5) is 5.82 Å². The molecule has 2 heterocycles. The second-order valence-corrected chi connectivity index (χ2v) is 9.67. The summed E-state index contributed by atoms with van der Waals surface area (Å²) in [6.07, 6.45) is 0.398. The van der Waals surface area contributed by atoms with Gasteiger partial charge in [0, 0.05) is 56.6 Å². The molecule has 0 aliphatic carbocycles. The van der Waals surface area contributed by atoms with Gasteiger partial charge in [-0.25, -0.2) is 9.97 Å². The number of carbonyl (C=O) groups excluding carboxylic acids is 1. The average Bonchev–Trinajstić information content (AvgIpc) is 2.86. The van der Waals surface area contributed by atoms with Crippen LogP contribution in [0.1, 0.15) is 20.3 Å². The molecule has 1 fully saturated rings. The first-order valence-corrected chi connectivity index (χ1v) is 12.7.